The van der Waals surface area contributed by atoms with Gasteiger partial charge in [-0.05, 0) is 66.1 Å². The molecule has 3 heterocycles. The second kappa shape index (κ2) is 11.0. The molecule has 6 rings (SSSR count). The number of fused-ring (bicyclic) bond motifs is 4. The van der Waals surface area contributed by atoms with Gasteiger partial charge in [-0.3, -0.25) is 9.69 Å². The molecule has 2 aromatic heterocycles. The van der Waals surface area contributed by atoms with Crippen LogP contribution in [0.15, 0.2) is 78.9 Å². The Balaban J connectivity index is 1.24. The quantitative estimate of drug-likeness (QED) is 0.227. The van der Waals surface area contributed by atoms with Gasteiger partial charge in [-0.25, -0.2) is 4.98 Å². The minimum atomic E-state index is -0.722. The van der Waals surface area contributed by atoms with Gasteiger partial charge in [0, 0.05) is 59.5 Å². The van der Waals surface area contributed by atoms with Gasteiger partial charge in [0.1, 0.15) is 0 Å². The summed E-state index contributed by atoms with van der Waals surface area (Å²) in [6.07, 6.45) is 6.04. The van der Waals surface area contributed by atoms with Crippen LogP contribution in [0.2, 0.25) is 5.02 Å². The minimum absolute atomic E-state index is 0.223. The van der Waals surface area contributed by atoms with Gasteiger partial charge >= 0.3 is 5.97 Å². The second-order valence-electron chi connectivity index (χ2n) is 10.2. The Morgan fingerprint density at radius 2 is 1.87 bits per heavy atom. The summed E-state index contributed by atoms with van der Waals surface area (Å²) in [5.41, 5.74) is 8.21. The molecular formula is C33H30ClN3O2. The molecule has 1 aliphatic rings. The van der Waals surface area contributed by atoms with E-state index >= 15 is 0 Å². The lowest BCUT2D eigenvalue weighted by atomic mass is 10.0. The molecule has 0 fully saturated rings. The van der Waals surface area contributed by atoms with E-state index in [1.165, 1.54) is 27.7 Å². The zero-order chi connectivity index (χ0) is 26.8. The third kappa shape index (κ3) is 5.60. The number of aliphatic carboxylic acids is 1. The molecule has 0 saturated carbocycles. The summed E-state index contributed by atoms with van der Waals surface area (Å²) in [5.74, 6) is -0.722. The lowest BCUT2D eigenvalue weighted by Crippen LogP contribution is -2.32. The smallest absolute Gasteiger partial charge is 0.303 e. The van der Waals surface area contributed by atoms with Crippen molar-refractivity contribution >= 4 is 51.5 Å². The molecule has 0 bridgehead atoms. The average molecular weight is 536 g/mol. The van der Waals surface area contributed by atoms with Crippen LogP contribution in [0.25, 0.3) is 34.0 Å². The van der Waals surface area contributed by atoms with Crippen LogP contribution in [0.4, 0.5) is 0 Å². The van der Waals surface area contributed by atoms with E-state index in [2.05, 4.69) is 70.1 Å². The Morgan fingerprint density at radius 3 is 2.77 bits per heavy atom. The molecule has 1 aliphatic heterocycles. The van der Waals surface area contributed by atoms with Crippen molar-refractivity contribution in [3.8, 4) is 0 Å². The number of carboxylic acid groups (broad SMARTS) is 1. The number of benzene rings is 3. The van der Waals surface area contributed by atoms with Crippen LogP contribution in [-0.4, -0.2) is 38.6 Å². The van der Waals surface area contributed by atoms with Crippen molar-refractivity contribution in [1.82, 2.24) is 14.5 Å². The third-order valence-electron chi connectivity index (χ3n) is 7.52. The van der Waals surface area contributed by atoms with Crippen molar-refractivity contribution in [1.29, 1.82) is 0 Å². The van der Waals surface area contributed by atoms with Gasteiger partial charge in [0.15, 0.2) is 0 Å². The van der Waals surface area contributed by atoms with Gasteiger partial charge in [0.25, 0.3) is 0 Å². The summed E-state index contributed by atoms with van der Waals surface area (Å²) in [7, 11) is 0. The second-order valence-corrected chi connectivity index (χ2v) is 10.6. The van der Waals surface area contributed by atoms with E-state index in [0.29, 0.717) is 11.4 Å². The van der Waals surface area contributed by atoms with E-state index in [1.54, 1.807) is 0 Å². The van der Waals surface area contributed by atoms with Crippen LogP contribution >= 0.6 is 11.6 Å². The predicted molar refractivity (Wildman–Crippen MR) is 159 cm³/mol. The molecular weight excluding hydrogens is 506 g/mol. The maximum Gasteiger partial charge on any atom is 0.303 e. The fraction of sp³-hybridized carbons (Fsp3) is 0.212. The SMILES string of the molecule is O=C(O)CCCN1CCc2c(c3ccccc3n2Cc2cccc(/C=C/c3ccc4ccc(Cl)cc4n3)c2)C1. The molecule has 3 aromatic carbocycles. The summed E-state index contributed by atoms with van der Waals surface area (Å²) in [6.45, 7) is 3.45. The van der Waals surface area contributed by atoms with Gasteiger partial charge in [-0.1, -0.05) is 66.2 Å². The van der Waals surface area contributed by atoms with Gasteiger partial charge in [0.05, 0.1) is 11.2 Å². The lowest BCUT2D eigenvalue weighted by molar-refractivity contribution is -0.137. The van der Waals surface area contributed by atoms with E-state index in [4.69, 9.17) is 21.7 Å². The van der Waals surface area contributed by atoms with Crippen molar-refractivity contribution in [2.75, 3.05) is 13.1 Å². The highest BCUT2D eigenvalue weighted by Crippen LogP contribution is 2.32. The number of rotatable bonds is 8. The molecule has 0 atom stereocenters. The van der Waals surface area contributed by atoms with Gasteiger partial charge < -0.3 is 9.67 Å². The predicted octanol–water partition coefficient (Wildman–Crippen LogP) is 7.28. The van der Waals surface area contributed by atoms with Gasteiger partial charge in [-0.15, -0.1) is 0 Å². The van der Waals surface area contributed by atoms with Crippen LogP contribution in [0.1, 0.15) is 40.9 Å². The molecule has 5 aromatic rings. The molecule has 1 N–H and O–H groups in total. The largest absolute Gasteiger partial charge is 0.481 e. The normalized spacial score (nSPS) is 13.9. The monoisotopic (exact) mass is 535 g/mol. The molecule has 196 valence electrons. The highest BCUT2D eigenvalue weighted by Gasteiger charge is 2.23. The van der Waals surface area contributed by atoms with Crippen molar-refractivity contribution in [2.24, 2.45) is 0 Å². The number of aromatic nitrogens is 2. The lowest BCUT2D eigenvalue weighted by Gasteiger charge is -2.28. The Morgan fingerprint density at radius 1 is 1.00 bits per heavy atom. The first-order chi connectivity index (χ1) is 19.0. The summed E-state index contributed by atoms with van der Waals surface area (Å²) in [6, 6.07) is 27.2. The van der Waals surface area contributed by atoms with Gasteiger partial charge in [-0.2, -0.15) is 0 Å². The maximum absolute atomic E-state index is 11.0. The first-order valence-electron chi connectivity index (χ1n) is 13.4. The average Bonchev–Trinajstić information content (AvgIpc) is 3.24. The van der Waals surface area contributed by atoms with Crippen molar-refractivity contribution < 1.29 is 9.90 Å². The highest BCUT2D eigenvalue weighted by atomic mass is 35.5. The van der Waals surface area contributed by atoms with Crippen LogP contribution in [0.3, 0.4) is 0 Å². The van der Waals surface area contributed by atoms with E-state index in [1.807, 2.05) is 30.3 Å². The van der Waals surface area contributed by atoms with E-state index in [9.17, 15) is 4.79 Å². The molecule has 0 amide bonds. The Bertz CT molecular complexity index is 1700. The Labute approximate surface area is 233 Å². The molecule has 0 radical (unpaired) electrons. The highest BCUT2D eigenvalue weighted by molar-refractivity contribution is 6.31. The molecule has 0 unspecified atom stereocenters. The van der Waals surface area contributed by atoms with Crippen LogP contribution in [-0.2, 0) is 24.3 Å². The molecule has 0 aliphatic carbocycles. The van der Waals surface area contributed by atoms with Crippen LogP contribution < -0.4 is 0 Å². The third-order valence-corrected chi connectivity index (χ3v) is 7.75. The standard InChI is InChI=1S/C33H30ClN3O2/c34-26-13-11-25-12-15-27(35-30(25)20-26)14-10-23-5-3-6-24(19-23)21-37-31-8-2-1-7-28(31)29-22-36(18-16-32(29)37)17-4-9-33(38)39/h1-3,5-8,10-15,19-20H,4,9,16-18,21-22H2,(H,38,39)/b14-10+. The number of carbonyl (C=O) groups is 1. The minimum Gasteiger partial charge on any atom is -0.481 e. The number of carboxylic acids is 1. The summed E-state index contributed by atoms with van der Waals surface area (Å²) in [4.78, 5) is 18.1. The number of nitrogens with zero attached hydrogens (tertiary/aromatic N) is 3. The maximum atomic E-state index is 11.0. The van der Waals surface area contributed by atoms with Crippen LogP contribution in [0, 0.1) is 0 Å². The van der Waals surface area contributed by atoms with Crippen molar-refractivity contribution in [3.63, 3.8) is 0 Å². The van der Waals surface area contributed by atoms with E-state index in [0.717, 1.165) is 54.8 Å². The van der Waals surface area contributed by atoms with E-state index in [-0.39, 0.29) is 6.42 Å². The topological polar surface area (TPSA) is 58.4 Å². The Kier molecular flexibility index (Phi) is 7.18. The first kappa shape index (κ1) is 25.4. The Hall–Kier alpha value is -3.93. The number of para-hydroxylation sites is 1. The number of hydrogen-bond donors (Lipinski definition) is 1. The zero-order valence-corrected chi connectivity index (χ0v) is 22.4. The summed E-state index contributed by atoms with van der Waals surface area (Å²) >= 11 is 6.16. The van der Waals surface area contributed by atoms with Crippen LogP contribution in [0.5, 0.6) is 0 Å². The van der Waals surface area contributed by atoms with Gasteiger partial charge in [0.2, 0.25) is 0 Å². The molecule has 5 nitrogen and oxygen atoms in total. The number of halogens is 1. The van der Waals surface area contributed by atoms with Crippen molar-refractivity contribution in [3.05, 3.63) is 112 Å². The fourth-order valence-corrected chi connectivity index (χ4v) is 5.81. The first-order valence-corrected chi connectivity index (χ1v) is 13.8. The molecule has 0 spiro atoms. The summed E-state index contributed by atoms with van der Waals surface area (Å²) < 4.78 is 2.47. The number of hydrogen-bond acceptors (Lipinski definition) is 3. The molecule has 39 heavy (non-hydrogen) atoms. The fourth-order valence-electron chi connectivity index (χ4n) is 5.64. The van der Waals surface area contributed by atoms with Crippen molar-refractivity contribution in [2.45, 2.75) is 32.4 Å². The van der Waals surface area contributed by atoms with E-state index < -0.39 is 5.97 Å². The number of pyridine rings is 1. The summed E-state index contributed by atoms with van der Waals surface area (Å²) in [5, 5.41) is 12.1. The zero-order valence-electron chi connectivity index (χ0n) is 21.7. The molecule has 6 heteroatoms. The molecule has 0 saturated heterocycles.